The van der Waals surface area contributed by atoms with E-state index in [2.05, 4.69) is 38.7 Å². The maximum atomic E-state index is 6.00. The van der Waals surface area contributed by atoms with Gasteiger partial charge in [0.15, 0.2) is 0 Å². The van der Waals surface area contributed by atoms with Gasteiger partial charge in [-0.25, -0.2) is 15.0 Å². The molecule has 3 aromatic rings. The van der Waals surface area contributed by atoms with Crippen molar-refractivity contribution in [2.24, 2.45) is 0 Å². The van der Waals surface area contributed by atoms with Gasteiger partial charge in [-0.2, -0.15) is 0 Å². The molecule has 0 N–H and O–H groups in total. The lowest BCUT2D eigenvalue weighted by Crippen LogP contribution is -2.39. The van der Waals surface area contributed by atoms with E-state index in [0.29, 0.717) is 5.88 Å². The average Bonchev–Trinajstić information content (AvgIpc) is 2.90. The van der Waals surface area contributed by atoms with Gasteiger partial charge in [0.2, 0.25) is 5.88 Å². The first-order chi connectivity index (χ1) is 12.1. The second-order valence-corrected chi connectivity index (χ2v) is 7.67. The second-order valence-electron chi connectivity index (χ2n) is 6.46. The highest BCUT2D eigenvalue weighted by atomic mass is 32.1. The predicted octanol–water partition coefficient (Wildman–Crippen LogP) is 3.45. The van der Waals surface area contributed by atoms with Crippen LogP contribution in [0.4, 0.5) is 5.82 Å². The number of hydrogen-bond donors (Lipinski definition) is 0. The summed E-state index contributed by atoms with van der Waals surface area (Å²) in [5.74, 6) is 1.67. The van der Waals surface area contributed by atoms with Crippen LogP contribution in [0.25, 0.3) is 10.2 Å². The second kappa shape index (κ2) is 6.55. The molecule has 0 aromatic carbocycles. The van der Waals surface area contributed by atoms with Crippen LogP contribution in [0.3, 0.4) is 0 Å². The summed E-state index contributed by atoms with van der Waals surface area (Å²) in [6, 6.07) is 0. The monoisotopic (exact) mass is 355 g/mol. The van der Waals surface area contributed by atoms with Gasteiger partial charge in [-0.05, 0) is 26.3 Å². The third-order valence-electron chi connectivity index (χ3n) is 4.71. The van der Waals surface area contributed by atoms with Crippen molar-refractivity contribution in [2.45, 2.75) is 39.7 Å². The Morgan fingerprint density at radius 1 is 1.12 bits per heavy atom. The van der Waals surface area contributed by atoms with Crippen molar-refractivity contribution < 1.29 is 4.74 Å². The molecule has 130 valence electrons. The maximum Gasteiger partial charge on any atom is 0.232 e. The Kier molecular flexibility index (Phi) is 4.25. The first-order valence-corrected chi connectivity index (χ1v) is 9.34. The molecule has 0 unspecified atom stereocenters. The Hall–Kier alpha value is -2.28. The summed E-state index contributed by atoms with van der Waals surface area (Å²) in [6.07, 6.45) is 7.17. The van der Waals surface area contributed by atoms with Crippen molar-refractivity contribution in [1.29, 1.82) is 0 Å². The molecule has 7 heteroatoms. The molecular formula is C18H21N5OS. The zero-order valence-electron chi connectivity index (χ0n) is 14.7. The average molecular weight is 355 g/mol. The molecule has 1 saturated heterocycles. The number of thiophene rings is 1. The number of aromatic nitrogens is 4. The summed E-state index contributed by atoms with van der Waals surface area (Å²) in [5.41, 5.74) is 2.17. The molecule has 0 saturated carbocycles. The highest BCUT2D eigenvalue weighted by molar-refractivity contribution is 7.18. The van der Waals surface area contributed by atoms with Crippen LogP contribution in [0.1, 0.15) is 29.0 Å². The molecule has 1 aliphatic heterocycles. The Morgan fingerprint density at radius 2 is 1.92 bits per heavy atom. The highest BCUT2D eigenvalue weighted by Gasteiger charge is 2.24. The number of rotatable bonds is 3. The number of aryl methyl sites for hydroxylation is 3. The molecule has 0 spiro atoms. The van der Waals surface area contributed by atoms with E-state index in [-0.39, 0.29) is 6.10 Å². The predicted molar refractivity (Wildman–Crippen MR) is 99.5 cm³/mol. The topological polar surface area (TPSA) is 64.0 Å². The van der Waals surface area contributed by atoms with Gasteiger partial charge in [-0.1, -0.05) is 0 Å². The van der Waals surface area contributed by atoms with Crippen molar-refractivity contribution in [3.05, 3.63) is 34.9 Å². The van der Waals surface area contributed by atoms with E-state index >= 15 is 0 Å². The van der Waals surface area contributed by atoms with Crippen LogP contribution in [-0.2, 0) is 0 Å². The minimum absolute atomic E-state index is 0.176. The van der Waals surface area contributed by atoms with E-state index in [1.54, 1.807) is 30.1 Å². The van der Waals surface area contributed by atoms with Gasteiger partial charge in [0.1, 0.15) is 23.1 Å². The fourth-order valence-corrected chi connectivity index (χ4v) is 4.25. The van der Waals surface area contributed by atoms with E-state index < -0.39 is 0 Å². The van der Waals surface area contributed by atoms with Crippen LogP contribution < -0.4 is 9.64 Å². The van der Waals surface area contributed by atoms with Crippen LogP contribution >= 0.6 is 11.3 Å². The van der Waals surface area contributed by atoms with Crippen molar-refractivity contribution in [2.75, 3.05) is 18.0 Å². The van der Waals surface area contributed by atoms with Gasteiger partial charge >= 0.3 is 0 Å². The van der Waals surface area contributed by atoms with Gasteiger partial charge in [-0.3, -0.25) is 4.98 Å². The molecule has 0 aliphatic carbocycles. The SMILES string of the molecule is Cc1cncc(OC2CCN(c3ncnc4sc(C)c(C)c34)CC2)n1. The van der Waals surface area contributed by atoms with Gasteiger partial charge in [0.25, 0.3) is 0 Å². The Labute approximate surface area is 150 Å². The number of nitrogens with zero attached hydrogens (tertiary/aromatic N) is 5. The molecule has 0 bridgehead atoms. The highest BCUT2D eigenvalue weighted by Crippen LogP contribution is 2.35. The van der Waals surface area contributed by atoms with Crippen molar-refractivity contribution in [3.63, 3.8) is 0 Å². The number of piperidine rings is 1. The molecule has 4 heterocycles. The third kappa shape index (κ3) is 3.16. The molecule has 0 radical (unpaired) electrons. The molecular weight excluding hydrogens is 334 g/mol. The molecule has 1 fully saturated rings. The lowest BCUT2D eigenvalue weighted by atomic mass is 10.1. The van der Waals surface area contributed by atoms with E-state index in [9.17, 15) is 0 Å². The molecule has 3 aromatic heterocycles. The Balaban J connectivity index is 1.49. The largest absolute Gasteiger partial charge is 0.473 e. The van der Waals surface area contributed by atoms with Crippen molar-refractivity contribution in [1.82, 2.24) is 19.9 Å². The van der Waals surface area contributed by atoms with Crippen LogP contribution in [0.5, 0.6) is 5.88 Å². The lowest BCUT2D eigenvalue weighted by Gasteiger charge is -2.33. The smallest absolute Gasteiger partial charge is 0.232 e. The summed E-state index contributed by atoms with van der Waals surface area (Å²) >= 11 is 1.74. The normalized spacial score (nSPS) is 15.7. The first kappa shape index (κ1) is 16.2. The number of ether oxygens (including phenoxy) is 1. The quantitative estimate of drug-likeness (QED) is 0.717. The first-order valence-electron chi connectivity index (χ1n) is 8.53. The fourth-order valence-electron chi connectivity index (χ4n) is 3.26. The number of anilines is 1. The third-order valence-corrected chi connectivity index (χ3v) is 5.82. The van der Waals surface area contributed by atoms with Crippen LogP contribution in [0.15, 0.2) is 18.7 Å². The van der Waals surface area contributed by atoms with Crippen LogP contribution in [-0.4, -0.2) is 39.1 Å². The Morgan fingerprint density at radius 3 is 2.68 bits per heavy atom. The van der Waals surface area contributed by atoms with E-state index in [4.69, 9.17) is 4.74 Å². The minimum Gasteiger partial charge on any atom is -0.473 e. The summed E-state index contributed by atoms with van der Waals surface area (Å²) in [7, 11) is 0. The molecule has 4 rings (SSSR count). The molecule has 0 amide bonds. The Bertz CT molecular complexity index is 902. The zero-order chi connectivity index (χ0) is 17.4. The minimum atomic E-state index is 0.176. The fraction of sp³-hybridized carbons (Fsp3) is 0.444. The van der Waals surface area contributed by atoms with Crippen LogP contribution in [0, 0.1) is 20.8 Å². The summed E-state index contributed by atoms with van der Waals surface area (Å²) < 4.78 is 6.00. The lowest BCUT2D eigenvalue weighted by molar-refractivity contribution is 0.163. The summed E-state index contributed by atoms with van der Waals surface area (Å²) in [4.78, 5) is 22.3. The van der Waals surface area contributed by atoms with Gasteiger partial charge in [0, 0.05) is 37.0 Å². The molecule has 6 nitrogen and oxygen atoms in total. The standard InChI is InChI=1S/C18H21N5OS/c1-11-8-19-9-15(22-11)24-14-4-6-23(7-5-14)17-16-12(2)13(3)25-18(16)21-10-20-17/h8-10,14H,4-7H2,1-3H3. The summed E-state index contributed by atoms with van der Waals surface area (Å²) in [6.45, 7) is 8.07. The van der Waals surface area contributed by atoms with E-state index in [0.717, 1.165) is 42.3 Å². The van der Waals surface area contributed by atoms with Gasteiger partial charge in [0.05, 0.1) is 17.3 Å². The molecule has 0 atom stereocenters. The summed E-state index contributed by atoms with van der Waals surface area (Å²) in [5, 5.41) is 1.20. The van der Waals surface area contributed by atoms with Crippen molar-refractivity contribution >= 4 is 27.4 Å². The number of fused-ring (bicyclic) bond motifs is 1. The van der Waals surface area contributed by atoms with E-state index in [1.807, 2.05) is 6.92 Å². The van der Waals surface area contributed by atoms with Crippen LogP contribution in [0.2, 0.25) is 0 Å². The number of hydrogen-bond acceptors (Lipinski definition) is 7. The molecule has 25 heavy (non-hydrogen) atoms. The zero-order valence-corrected chi connectivity index (χ0v) is 15.5. The van der Waals surface area contributed by atoms with Gasteiger partial charge < -0.3 is 9.64 Å². The van der Waals surface area contributed by atoms with Crippen molar-refractivity contribution in [3.8, 4) is 5.88 Å². The van der Waals surface area contributed by atoms with Gasteiger partial charge in [-0.15, -0.1) is 11.3 Å². The maximum absolute atomic E-state index is 6.00. The molecule has 1 aliphatic rings. The van der Waals surface area contributed by atoms with E-state index in [1.165, 1.54) is 15.8 Å².